The van der Waals surface area contributed by atoms with Crippen LogP contribution < -0.4 is 0 Å². The molecule has 0 amide bonds. The van der Waals surface area contributed by atoms with Crippen LogP contribution in [0.3, 0.4) is 0 Å². The van der Waals surface area contributed by atoms with Gasteiger partial charge in [0.2, 0.25) is 0 Å². The number of aliphatic hydroxyl groups is 1. The Hall–Kier alpha value is -4.02. The number of hydrogen-bond acceptors (Lipinski definition) is 3. The highest BCUT2D eigenvalue weighted by atomic mass is 32.2. The summed E-state index contributed by atoms with van der Waals surface area (Å²) in [6, 6.07) is 52.5. The molecule has 0 fully saturated rings. The molecule has 40 heavy (non-hydrogen) atoms. The Balaban J connectivity index is 1.42. The lowest BCUT2D eigenvalue weighted by atomic mass is 9.80. The van der Waals surface area contributed by atoms with E-state index < -0.39 is 5.60 Å². The topological polar surface area (TPSA) is 20.2 Å². The molecular weight excluding hydrogens is 525 g/mol. The normalized spacial score (nSPS) is 13.0. The van der Waals surface area contributed by atoms with Gasteiger partial charge in [0.25, 0.3) is 0 Å². The smallest absolute Gasteiger partial charge is 0.142 e. The molecule has 0 saturated heterocycles. The van der Waals surface area contributed by atoms with E-state index in [1.54, 1.807) is 23.5 Å². The summed E-state index contributed by atoms with van der Waals surface area (Å²) >= 11 is 3.44. The average molecular weight is 551 g/mol. The summed E-state index contributed by atoms with van der Waals surface area (Å²) in [6.07, 6.45) is 0. The van der Waals surface area contributed by atoms with Crippen LogP contribution in [-0.2, 0) is 5.60 Å². The monoisotopic (exact) mass is 550 g/mol. The zero-order valence-corrected chi connectivity index (χ0v) is 23.3. The minimum absolute atomic E-state index is 0.893. The first-order valence-corrected chi connectivity index (χ1v) is 15.0. The maximum absolute atomic E-state index is 13.1. The van der Waals surface area contributed by atoms with Crippen LogP contribution in [0.4, 0.5) is 0 Å². The molecule has 7 rings (SSSR count). The van der Waals surface area contributed by atoms with E-state index in [0.717, 1.165) is 48.7 Å². The first-order valence-electron chi connectivity index (χ1n) is 13.3. The highest BCUT2D eigenvalue weighted by molar-refractivity contribution is 7.99. The molecule has 0 heterocycles. The van der Waals surface area contributed by atoms with Crippen LogP contribution in [0.5, 0.6) is 0 Å². The standard InChI is InChI=1S/C37H26OS2/c38-37(34-19-11-10-18-31(34)26-12-4-1-5-13-26)35-24-29(39-27-14-6-2-7-15-27)20-22-32(35)33-23-21-30(25-36(33)37)40-28-16-8-3-9-17-28/h1-25,38H. The highest BCUT2D eigenvalue weighted by Crippen LogP contribution is 2.54. The zero-order valence-electron chi connectivity index (χ0n) is 21.7. The third-order valence-corrected chi connectivity index (χ3v) is 9.41. The molecule has 0 aliphatic heterocycles. The zero-order chi connectivity index (χ0) is 26.9. The van der Waals surface area contributed by atoms with Crippen LogP contribution in [0.1, 0.15) is 16.7 Å². The van der Waals surface area contributed by atoms with Gasteiger partial charge in [-0.25, -0.2) is 0 Å². The van der Waals surface area contributed by atoms with E-state index in [2.05, 4.69) is 127 Å². The summed E-state index contributed by atoms with van der Waals surface area (Å²) in [5.74, 6) is 0. The third-order valence-electron chi connectivity index (χ3n) is 7.41. The number of benzene rings is 6. The van der Waals surface area contributed by atoms with Crippen molar-refractivity contribution in [2.75, 3.05) is 0 Å². The molecule has 0 bridgehead atoms. The van der Waals surface area contributed by atoms with E-state index in [-0.39, 0.29) is 0 Å². The molecule has 0 aromatic heterocycles. The van der Waals surface area contributed by atoms with Crippen molar-refractivity contribution in [3.8, 4) is 22.3 Å². The Kier molecular flexibility index (Phi) is 6.57. The molecule has 0 saturated carbocycles. The number of rotatable bonds is 6. The van der Waals surface area contributed by atoms with Gasteiger partial charge in [-0.3, -0.25) is 0 Å². The van der Waals surface area contributed by atoms with Crippen LogP contribution >= 0.6 is 23.5 Å². The quantitative estimate of drug-likeness (QED) is 0.223. The molecule has 6 aromatic carbocycles. The van der Waals surface area contributed by atoms with Crippen molar-refractivity contribution in [1.82, 2.24) is 0 Å². The predicted molar refractivity (Wildman–Crippen MR) is 167 cm³/mol. The second-order valence-electron chi connectivity index (χ2n) is 9.87. The van der Waals surface area contributed by atoms with E-state index in [1.807, 2.05) is 24.3 Å². The van der Waals surface area contributed by atoms with Gasteiger partial charge in [0.05, 0.1) is 0 Å². The van der Waals surface area contributed by atoms with E-state index in [4.69, 9.17) is 0 Å². The molecular formula is C37H26OS2. The SMILES string of the molecule is OC1(c2ccccc2-c2ccccc2)c2cc(Sc3ccccc3)ccc2-c2ccc(Sc3ccccc3)cc21. The summed E-state index contributed by atoms with van der Waals surface area (Å²) in [5, 5.41) is 13.1. The van der Waals surface area contributed by atoms with Gasteiger partial charge in [-0.1, -0.05) is 127 Å². The van der Waals surface area contributed by atoms with Gasteiger partial charge in [0.15, 0.2) is 0 Å². The summed E-state index contributed by atoms with van der Waals surface area (Å²) in [6.45, 7) is 0. The minimum atomic E-state index is -1.31. The Bertz CT molecular complexity index is 1710. The highest BCUT2D eigenvalue weighted by Gasteiger charge is 2.44. The number of fused-ring (bicyclic) bond motifs is 3. The van der Waals surface area contributed by atoms with Crippen molar-refractivity contribution >= 4 is 23.5 Å². The maximum atomic E-state index is 13.1. The Morgan fingerprint density at radius 3 is 1.35 bits per heavy atom. The van der Waals surface area contributed by atoms with Crippen molar-refractivity contribution in [2.24, 2.45) is 0 Å². The van der Waals surface area contributed by atoms with Crippen LogP contribution in [0, 0.1) is 0 Å². The fourth-order valence-electron chi connectivity index (χ4n) is 5.59. The van der Waals surface area contributed by atoms with Crippen LogP contribution in [0.2, 0.25) is 0 Å². The molecule has 0 unspecified atom stereocenters. The van der Waals surface area contributed by atoms with Crippen molar-refractivity contribution in [2.45, 2.75) is 25.2 Å². The van der Waals surface area contributed by atoms with Crippen molar-refractivity contribution in [3.63, 3.8) is 0 Å². The molecule has 1 aliphatic carbocycles. The molecule has 0 radical (unpaired) electrons. The molecule has 1 N–H and O–H groups in total. The average Bonchev–Trinajstić information content (AvgIpc) is 3.26. The molecule has 0 spiro atoms. The summed E-state index contributed by atoms with van der Waals surface area (Å²) in [7, 11) is 0. The summed E-state index contributed by atoms with van der Waals surface area (Å²) in [5.41, 5.74) is 5.71. The van der Waals surface area contributed by atoms with E-state index in [1.165, 1.54) is 9.79 Å². The predicted octanol–water partition coefficient (Wildman–Crippen LogP) is 9.92. The first kappa shape index (κ1) is 25.0. The fourth-order valence-corrected chi connectivity index (χ4v) is 7.35. The molecule has 1 aliphatic rings. The van der Waals surface area contributed by atoms with Gasteiger partial charge in [-0.15, -0.1) is 0 Å². The van der Waals surface area contributed by atoms with Gasteiger partial charge >= 0.3 is 0 Å². The third kappa shape index (κ3) is 4.47. The van der Waals surface area contributed by atoms with Gasteiger partial charge in [0.1, 0.15) is 5.60 Å². The summed E-state index contributed by atoms with van der Waals surface area (Å²) in [4.78, 5) is 4.56. The Morgan fingerprint density at radius 2 is 0.825 bits per heavy atom. The Labute approximate surface area is 243 Å². The summed E-state index contributed by atoms with van der Waals surface area (Å²) < 4.78 is 0. The van der Waals surface area contributed by atoms with Crippen LogP contribution in [0.15, 0.2) is 171 Å². The molecule has 192 valence electrons. The first-order chi connectivity index (χ1) is 19.7. The lowest BCUT2D eigenvalue weighted by Gasteiger charge is -2.29. The van der Waals surface area contributed by atoms with E-state index >= 15 is 0 Å². The second-order valence-corrected chi connectivity index (χ2v) is 12.2. The second kappa shape index (κ2) is 10.5. The van der Waals surface area contributed by atoms with Crippen molar-refractivity contribution in [1.29, 1.82) is 0 Å². The van der Waals surface area contributed by atoms with Crippen molar-refractivity contribution in [3.05, 3.63) is 168 Å². The van der Waals surface area contributed by atoms with Gasteiger partial charge in [-0.2, -0.15) is 0 Å². The lowest BCUT2D eigenvalue weighted by Crippen LogP contribution is -2.27. The molecule has 3 heteroatoms. The van der Waals surface area contributed by atoms with Gasteiger partial charge in [-0.05, 0) is 70.8 Å². The van der Waals surface area contributed by atoms with Gasteiger partial charge in [0, 0.05) is 36.3 Å². The van der Waals surface area contributed by atoms with E-state index in [9.17, 15) is 5.11 Å². The fraction of sp³-hybridized carbons (Fsp3) is 0.0270. The molecule has 1 nitrogen and oxygen atoms in total. The maximum Gasteiger partial charge on any atom is 0.142 e. The molecule has 6 aromatic rings. The van der Waals surface area contributed by atoms with Crippen LogP contribution in [-0.4, -0.2) is 5.11 Å². The van der Waals surface area contributed by atoms with Crippen LogP contribution in [0.25, 0.3) is 22.3 Å². The van der Waals surface area contributed by atoms with Crippen molar-refractivity contribution < 1.29 is 5.11 Å². The lowest BCUT2D eigenvalue weighted by molar-refractivity contribution is 0.131. The Morgan fingerprint density at radius 1 is 0.375 bits per heavy atom. The largest absolute Gasteiger partial charge is 0.376 e. The van der Waals surface area contributed by atoms with Gasteiger partial charge < -0.3 is 5.11 Å². The number of hydrogen-bond donors (Lipinski definition) is 1. The molecule has 0 atom stereocenters. The van der Waals surface area contributed by atoms with E-state index in [0.29, 0.717) is 0 Å². The minimum Gasteiger partial charge on any atom is -0.376 e.